The van der Waals surface area contributed by atoms with Gasteiger partial charge in [0.15, 0.2) is 0 Å². The molecule has 5 heteroatoms. The lowest BCUT2D eigenvalue weighted by Crippen LogP contribution is -2.17. The molecule has 0 aliphatic heterocycles. The van der Waals surface area contributed by atoms with E-state index < -0.39 is 18.0 Å². The maximum absolute atomic E-state index is 11.8. The van der Waals surface area contributed by atoms with Crippen LogP contribution in [0.2, 0.25) is 0 Å². The molecule has 2 rings (SSSR count). The fourth-order valence-electron chi connectivity index (χ4n) is 1.97. The lowest BCUT2D eigenvalue weighted by atomic mass is 10.0. The van der Waals surface area contributed by atoms with Crippen LogP contribution in [0.3, 0.4) is 0 Å². The zero-order valence-electron chi connectivity index (χ0n) is 11.9. The molecule has 2 aromatic carbocycles. The monoisotopic (exact) mass is 299 g/mol. The number of rotatable bonds is 6. The van der Waals surface area contributed by atoms with Gasteiger partial charge >= 0.3 is 11.9 Å². The highest BCUT2D eigenvalue weighted by Gasteiger charge is 2.13. The molecule has 0 aliphatic rings. The Morgan fingerprint density at radius 3 is 2.27 bits per heavy atom. The molecule has 0 saturated carbocycles. The van der Waals surface area contributed by atoms with E-state index in [2.05, 4.69) is 0 Å². The number of nitrogens with two attached hydrogens (primary N) is 1. The lowest BCUT2D eigenvalue weighted by Gasteiger charge is -2.12. The maximum Gasteiger partial charge on any atom is 0.335 e. The SMILES string of the molecule is NC(CC(=O)OCc1ccccc1)c1ccc(C(=O)O)cc1. The number of esters is 1. The van der Waals surface area contributed by atoms with E-state index in [9.17, 15) is 9.59 Å². The third-order valence-electron chi connectivity index (χ3n) is 3.22. The van der Waals surface area contributed by atoms with Crippen molar-refractivity contribution >= 4 is 11.9 Å². The van der Waals surface area contributed by atoms with E-state index in [0.29, 0.717) is 5.56 Å². The van der Waals surface area contributed by atoms with Crippen LogP contribution in [-0.4, -0.2) is 17.0 Å². The summed E-state index contributed by atoms with van der Waals surface area (Å²) in [7, 11) is 0. The molecule has 2 aromatic rings. The van der Waals surface area contributed by atoms with Crippen LogP contribution in [0.1, 0.15) is 33.9 Å². The Labute approximate surface area is 128 Å². The second-order valence-corrected chi connectivity index (χ2v) is 4.88. The van der Waals surface area contributed by atoms with Crippen LogP contribution >= 0.6 is 0 Å². The predicted octanol–water partition coefficient (Wildman–Crippen LogP) is 2.52. The smallest absolute Gasteiger partial charge is 0.335 e. The van der Waals surface area contributed by atoms with Gasteiger partial charge in [-0.1, -0.05) is 42.5 Å². The number of benzene rings is 2. The third kappa shape index (κ3) is 4.43. The van der Waals surface area contributed by atoms with Crippen LogP contribution in [0.4, 0.5) is 0 Å². The van der Waals surface area contributed by atoms with Crippen molar-refractivity contribution in [2.75, 3.05) is 0 Å². The summed E-state index contributed by atoms with van der Waals surface area (Å²) >= 11 is 0. The minimum Gasteiger partial charge on any atom is -0.478 e. The number of hydrogen-bond donors (Lipinski definition) is 2. The number of ether oxygens (including phenoxy) is 1. The zero-order valence-corrected chi connectivity index (χ0v) is 11.9. The van der Waals surface area contributed by atoms with Gasteiger partial charge < -0.3 is 15.6 Å². The number of aromatic carboxylic acids is 1. The Bertz CT molecular complexity index is 637. The highest BCUT2D eigenvalue weighted by atomic mass is 16.5. The average molecular weight is 299 g/mol. The molecule has 0 fully saturated rings. The molecule has 0 spiro atoms. The van der Waals surface area contributed by atoms with Gasteiger partial charge in [0.25, 0.3) is 0 Å². The minimum atomic E-state index is -0.998. The standard InChI is InChI=1S/C17H17NO4/c18-15(13-6-8-14(9-7-13)17(20)21)10-16(19)22-11-12-4-2-1-3-5-12/h1-9,15H,10-11,18H2,(H,20,21). The molecule has 1 atom stereocenters. The topological polar surface area (TPSA) is 89.6 Å². The van der Waals surface area contributed by atoms with Gasteiger partial charge in [0.1, 0.15) is 6.61 Å². The molecule has 0 heterocycles. The summed E-state index contributed by atoms with van der Waals surface area (Å²) in [5.74, 6) is -1.39. The van der Waals surface area contributed by atoms with Gasteiger partial charge in [-0.3, -0.25) is 4.79 Å². The summed E-state index contributed by atoms with van der Waals surface area (Å²) in [4.78, 5) is 22.6. The van der Waals surface area contributed by atoms with Crippen molar-refractivity contribution in [3.05, 3.63) is 71.3 Å². The van der Waals surface area contributed by atoms with Crippen LogP contribution in [0, 0.1) is 0 Å². The molecule has 3 N–H and O–H groups in total. The Morgan fingerprint density at radius 2 is 1.68 bits per heavy atom. The van der Waals surface area contributed by atoms with Gasteiger partial charge in [-0.25, -0.2) is 4.79 Å². The zero-order chi connectivity index (χ0) is 15.9. The molecule has 0 amide bonds. The van der Waals surface area contributed by atoms with Crippen LogP contribution < -0.4 is 5.73 Å². The van der Waals surface area contributed by atoms with Gasteiger partial charge in [0.05, 0.1) is 12.0 Å². The molecule has 0 aromatic heterocycles. The minimum absolute atomic E-state index is 0.0409. The highest BCUT2D eigenvalue weighted by molar-refractivity contribution is 5.87. The van der Waals surface area contributed by atoms with Crippen molar-refractivity contribution < 1.29 is 19.4 Å². The normalized spacial score (nSPS) is 11.7. The van der Waals surface area contributed by atoms with Crippen molar-refractivity contribution in [2.45, 2.75) is 19.1 Å². The number of carboxylic acid groups (broad SMARTS) is 1. The Kier molecular flexibility index (Phi) is 5.27. The Balaban J connectivity index is 1.86. The van der Waals surface area contributed by atoms with Crippen LogP contribution in [0.5, 0.6) is 0 Å². The van der Waals surface area contributed by atoms with E-state index in [1.54, 1.807) is 12.1 Å². The molecular weight excluding hydrogens is 282 g/mol. The second kappa shape index (κ2) is 7.38. The number of carbonyl (C=O) groups is 2. The molecule has 0 bridgehead atoms. The highest BCUT2D eigenvalue weighted by Crippen LogP contribution is 2.16. The summed E-state index contributed by atoms with van der Waals surface area (Å²) in [6.45, 7) is 0.213. The quantitative estimate of drug-likeness (QED) is 0.800. The van der Waals surface area contributed by atoms with Crippen LogP contribution in [0.15, 0.2) is 54.6 Å². The number of hydrogen-bond acceptors (Lipinski definition) is 4. The van der Waals surface area contributed by atoms with Gasteiger partial charge in [-0.05, 0) is 23.3 Å². The first-order valence-corrected chi connectivity index (χ1v) is 6.84. The fourth-order valence-corrected chi connectivity index (χ4v) is 1.97. The second-order valence-electron chi connectivity index (χ2n) is 4.88. The molecule has 114 valence electrons. The molecule has 5 nitrogen and oxygen atoms in total. The Hall–Kier alpha value is -2.66. The van der Waals surface area contributed by atoms with Crippen molar-refractivity contribution in [1.82, 2.24) is 0 Å². The van der Waals surface area contributed by atoms with Gasteiger partial charge in [-0.15, -0.1) is 0 Å². The van der Waals surface area contributed by atoms with E-state index >= 15 is 0 Å². The third-order valence-corrected chi connectivity index (χ3v) is 3.22. The van der Waals surface area contributed by atoms with Gasteiger partial charge in [0.2, 0.25) is 0 Å². The van der Waals surface area contributed by atoms with Crippen LogP contribution in [-0.2, 0) is 16.1 Å². The maximum atomic E-state index is 11.8. The van der Waals surface area contributed by atoms with Gasteiger partial charge in [-0.2, -0.15) is 0 Å². The van der Waals surface area contributed by atoms with Crippen molar-refractivity contribution in [1.29, 1.82) is 0 Å². The first-order chi connectivity index (χ1) is 10.6. The predicted molar refractivity (Wildman–Crippen MR) is 81.2 cm³/mol. The van der Waals surface area contributed by atoms with Crippen molar-refractivity contribution in [3.8, 4) is 0 Å². The number of carboxylic acids is 1. The van der Waals surface area contributed by atoms with E-state index in [-0.39, 0.29) is 18.6 Å². The molecule has 1 unspecified atom stereocenters. The molecule has 0 saturated heterocycles. The summed E-state index contributed by atoms with van der Waals surface area (Å²) in [6.07, 6.45) is 0.0409. The van der Waals surface area contributed by atoms with E-state index in [0.717, 1.165) is 5.56 Å². The number of carbonyl (C=O) groups excluding carboxylic acids is 1. The first-order valence-electron chi connectivity index (χ1n) is 6.84. The summed E-state index contributed by atoms with van der Waals surface area (Å²) < 4.78 is 5.17. The summed E-state index contributed by atoms with van der Waals surface area (Å²) in [5, 5.41) is 8.83. The molecule has 0 radical (unpaired) electrons. The first kappa shape index (κ1) is 15.7. The molecule has 22 heavy (non-hydrogen) atoms. The van der Waals surface area contributed by atoms with Gasteiger partial charge in [0, 0.05) is 6.04 Å². The van der Waals surface area contributed by atoms with Crippen molar-refractivity contribution in [3.63, 3.8) is 0 Å². The molecular formula is C17H17NO4. The summed E-state index contributed by atoms with van der Waals surface area (Å²) in [5.41, 5.74) is 7.73. The largest absolute Gasteiger partial charge is 0.478 e. The lowest BCUT2D eigenvalue weighted by molar-refractivity contribution is -0.145. The average Bonchev–Trinajstić information content (AvgIpc) is 2.54. The van der Waals surface area contributed by atoms with E-state index in [1.165, 1.54) is 12.1 Å². The fraction of sp³-hybridized carbons (Fsp3) is 0.176. The molecule has 0 aliphatic carbocycles. The van der Waals surface area contributed by atoms with E-state index in [4.69, 9.17) is 15.6 Å². The Morgan fingerprint density at radius 1 is 1.05 bits per heavy atom. The van der Waals surface area contributed by atoms with Crippen LogP contribution in [0.25, 0.3) is 0 Å². The van der Waals surface area contributed by atoms with E-state index in [1.807, 2.05) is 30.3 Å². The summed E-state index contributed by atoms with van der Waals surface area (Å²) in [6, 6.07) is 15.0. The van der Waals surface area contributed by atoms with Crippen molar-refractivity contribution in [2.24, 2.45) is 5.73 Å².